The molecule has 1 unspecified atom stereocenters. The molecule has 0 aromatic rings. The van der Waals surface area contributed by atoms with E-state index in [1.807, 2.05) is 0 Å². The number of ether oxygens (including phenoxy) is 5. The van der Waals surface area contributed by atoms with Crippen molar-refractivity contribution in [1.82, 2.24) is 0 Å². The molecule has 0 radical (unpaired) electrons. The van der Waals surface area contributed by atoms with E-state index >= 15 is 0 Å². The van der Waals surface area contributed by atoms with Gasteiger partial charge in [0.1, 0.15) is 12.7 Å². The summed E-state index contributed by atoms with van der Waals surface area (Å²) in [6.07, 6.45) is -7.98. The largest absolute Gasteiger partial charge is 0.463 e. The van der Waals surface area contributed by atoms with E-state index in [4.69, 9.17) is 18.9 Å². The van der Waals surface area contributed by atoms with E-state index in [1.165, 1.54) is 0 Å². The molecule has 9 nitrogen and oxygen atoms in total. The van der Waals surface area contributed by atoms with Crippen molar-refractivity contribution in [2.24, 2.45) is 0 Å². The van der Waals surface area contributed by atoms with E-state index in [-0.39, 0.29) is 0 Å². The van der Waals surface area contributed by atoms with Gasteiger partial charge in [-0.05, 0) is 0 Å². The highest BCUT2D eigenvalue weighted by Gasteiger charge is 2.52. The second kappa shape index (κ2) is 8.57. The SMILES string of the molecule is CC(=O)OCC1O[C@H](OC(C)=O)[C@H](OC(C)=O)[C@@H](OC(C)=O)[C@H]1F. The topological polar surface area (TPSA) is 114 Å². The van der Waals surface area contributed by atoms with E-state index in [1.54, 1.807) is 0 Å². The maximum atomic E-state index is 14.6. The van der Waals surface area contributed by atoms with Crippen LogP contribution in [0, 0.1) is 0 Å². The lowest BCUT2D eigenvalue weighted by molar-refractivity contribution is -0.288. The number of carbonyl (C=O) groups is 4. The quantitative estimate of drug-likeness (QED) is 0.500. The molecule has 1 fully saturated rings. The zero-order chi connectivity index (χ0) is 18.4. The lowest BCUT2D eigenvalue weighted by atomic mass is 10.00. The lowest BCUT2D eigenvalue weighted by Crippen LogP contribution is -2.60. The van der Waals surface area contributed by atoms with Crippen LogP contribution >= 0.6 is 0 Å². The highest BCUT2D eigenvalue weighted by Crippen LogP contribution is 2.29. The second-order valence-electron chi connectivity index (χ2n) is 5.05. The van der Waals surface area contributed by atoms with Crippen molar-refractivity contribution >= 4 is 23.9 Å². The van der Waals surface area contributed by atoms with Crippen LogP contribution < -0.4 is 0 Å². The zero-order valence-corrected chi connectivity index (χ0v) is 13.6. The zero-order valence-electron chi connectivity index (χ0n) is 13.6. The predicted molar refractivity (Wildman–Crippen MR) is 73.1 cm³/mol. The molecule has 1 aliphatic heterocycles. The first kappa shape index (κ1) is 19.8. The first-order valence-electron chi connectivity index (χ1n) is 7.06. The van der Waals surface area contributed by atoms with Crippen molar-refractivity contribution in [2.45, 2.75) is 58.5 Å². The highest BCUT2D eigenvalue weighted by atomic mass is 19.1. The maximum absolute atomic E-state index is 14.6. The number of alkyl halides is 1. The maximum Gasteiger partial charge on any atom is 0.305 e. The Labute approximate surface area is 137 Å². The van der Waals surface area contributed by atoms with Gasteiger partial charge in [0.15, 0.2) is 12.3 Å². The van der Waals surface area contributed by atoms with E-state index < -0.39 is 61.3 Å². The molecular formula is C14H19FO9. The third-order valence-electron chi connectivity index (χ3n) is 2.91. The van der Waals surface area contributed by atoms with Crippen molar-refractivity contribution in [1.29, 1.82) is 0 Å². The summed E-state index contributed by atoms with van der Waals surface area (Å²) in [4.78, 5) is 44.5. The van der Waals surface area contributed by atoms with Crippen molar-refractivity contribution in [3.8, 4) is 0 Å². The lowest BCUT2D eigenvalue weighted by Gasteiger charge is -2.41. The molecular weight excluding hydrogens is 331 g/mol. The molecule has 0 aliphatic carbocycles. The van der Waals surface area contributed by atoms with Gasteiger partial charge in [0, 0.05) is 27.7 Å². The van der Waals surface area contributed by atoms with Gasteiger partial charge in [0.05, 0.1) is 0 Å². The third kappa shape index (κ3) is 5.76. The molecule has 0 spiro atoms. The number of carbonyl (C=O) groups excluding carboxylic acids is 4. The van der Waals surface area contributed by atoms with Crippen LogP contribution in [0.25, 0.3) is 0 Å². The van der Waals surface area contributed by atoms with Crippen LogP contribution in [-0.2, 0) is 42.9 Å². The van der Waals surface area contributed by atoms with Crippen LogP contribution in [0.2, 0.25) is 0 Å². The summed E-state index contributed by atoms with van der Waals surface area (Å²) >= 11 is 0. The number of esters is 4. The van der Waals surface area contributed by atoms with Crippen molar-refractivity contribution in [3.05, 3.63) is 0 Å². The summed E-state index contributed by atoms with van der Waals surface area (Å²) in [7, 11) is 0. The Hall–Kier alpha value is -2.23. The summed E-state index contributed by atoms with van der Waals surface area (Å²) in [5.41, 5.74) is 0. The van der Waals surface area contributed by atoms with Gasteiger partial charge in [0.25, 0.3) is 0 Å². The molecule has 136 valence electrons. The van der Waals surface area contributed by atoms with Crippen LogP contribution in [0.1, 0.15) is 27.7 Å². The molecule has 24 heavy (non-hydrogen) atoms. The van der Waals surface area contributed by atoms with Gasteiger partial charge in [-0.1, -0.05) is 0 Å². The van der Waals surface area contributed by atoms with Crippen LogP contribution in [0.4, 0.5) is 4.39 Å². The van der Waals surface area contributed by atoms with E-state index in [9.17, 15) is 23.6 Å². The van der Waals surface area contributed by atoms with Crippen LogP contribution in [-0.4, -0.2) is 61.3 Å². The monoisotopic (exact) mass is 350 g/mol. The molecule has 0 N–H and O–H groups in total. The summed E-state index contributed by atoms with van der Waals surface area (Å²) in [5.74, 6) is -3.12. The Balaban J connectivity index is 3.07. The van der Waals surface area contributed by atoms with Gasteiger partial charge in [-0.2, -0.15) is 0 Å². The first-order chi connectivity index (χ1) is 11.1. The van der Waals surface area contributed by atoms with Gasteiger partial charge < -0.3 is 23.7 Å². The van der Waals surface area contributed by atoms with E-state index in [2.05, 4.69) is 4.74 Å². The predicted octanol–water partition coefficient (Wildman–Crippen LogP) is 0.0390. The van der Waals surface area contributed by atoms with Crippen LogP contribution in [0.15, 0.2) is 0 Å². The molecule has 0 amide bonds. The molecule has 0 aromatic carbocycles. The van der Waals surface area contributed by atoms with Crippen molar-refractivity contribution in [2.75, 3.05) is 6.61 Å². The molecule has 0 bridgehead atoms. The minimum atomic E-state index is -1.98. The standard InChI is InChI=1S/C14H19FO9/c1-6(16)20-5-10-11(15)12(21-7(2)17)13(22-8(3)18)14(24-10)23-9(4)19/h10-14H,5H2,1-4H3/t10?,11-,12-,13+,14-/m0/s1. The van der Waals surface area contributed by atoms with E-state index in [0.29, 0.717) is 0 Å². The summed E-state index contributed by atoms with van der Waals surface area (Å²) in [6.45, 7) is 3.77. The summed E-state index contributed by atoms with van der Waals surface area (Å²) in [6, 6.07) is 0. The number of halogens is 1. The fourth-order valence-electron chi connectivity index (χ4n) is 2.10. The Kier molecular flexibility index (Phi) is 7.08. The van der Waals surface area contributed by atoms with Crippen molar-refractivity contribution in [3.63, 3.8) is 0 Å². The van der Waals surface area contributed by atoms with E-state index in [0.717, 1.165) is 27.7 Å². The van der Waals surface area contributed by atoms with Gasteiger partial charge in [-0.25, -0.2) is 4.39 Å². The fraction of sp³-hybridized carbons (Fsp3) is 0.714. The fourth-order valence-corrected chi connectivity index (χ4v) is 2.10. The summed E-state index contributed by atoms with van der Waals surface area (Å²) in [5, 5.41) is 0. The van der Waals surface area contributed by atoms with Gasteiger partial charge in [-0.15, -0.1) is 0 Å². The Bertz CT molecular complexity index is 506. The third-order valence-corrected chi connectivity index (χ3v) is 2.91. The first-order valence-corrected chi connectivity index (χ1v) is 7.06. The molecule has 1 rings (SSSR count). The molecule has 0 saturated carbocycles. The van der Waals surface area contributed by atoms with Gasteiger partial charge >= 0.3 is 23.9 Å². The molecule has 0 aromatic heterocycles. The number of rotatable bonds is 5. The summed E-state index contributed by atoms with van der Waals surface area (Å²) < 4.78 is 39.1. The molecule has 5 atom stereocenters. The smallest absolute Gasteiger partial charge is 0.305 e. The molecule has 1 heterocycles. The Morgan fingerprint density at radius 2 is 1.33 bits per heavy atom. The number of hydrogen-bond donors (Lipinski definition) is 0. The second-order valence-corrected chi connectivity index (χ2v) is 5.05. The molecule has 10 heteroatoms. The normalized spacial score (nSPS) is 29.3. The molecule has 1 aliphatic rings. The molecule has 1 saturated heterocycles. The van der Waals surface area contributed by atoms with Gasteiger partial charge in [-0.3, -0.25) is 19.2 Å². The highest BCUT2D eigenvalue weighted by molar-refractivity contribution is 5.68. The Morgan fingerprint density at radius 3 is 1.79 bits per heavy atom. The average Bonchev–Trinajstić information content (AvgIpc) is 2.42. The average molecular weight is 350 g/mol. The minimum Gasteiger partial charge on any atom is -0.463 e. The van der Waals surface area contributed by atoms with Crippen LogP contribution in [0.5, 0.6) is 0 Å². The number of hydrogen-bond acceptors (Lipinski definition) is 9. The van der Waals surface area contributed by atoms with Crippen molar-refractivity contribution < 1.29 is 47.3 Å². The minimum absolute atomic E-state index is 0.501. The Morgan fingerprint density at radius 1 is 0.833 bits per heavy atom. The van der Waals surface area contributed by atoms with Gasteiger partial charge in [0.2, 0.25) is 12.4 Å². The van der Waals surface area contributed by atoms with Crippen LogP contribution in [0.3, 0.4) is 0 Å².